The molecule has 3 rings (SSSR count). The maximum absolute atomic E-state index is 12.4. The highest BCUT2D eigenvalue weighted by molar-refractivity contribution is 6.30. The zero-order chi connectivity index (χ0) is 14.8. The predicted molar refractivity (Wildman–Crippen MR) is 77.8 cm³/mol. The molecule has 1 aromatic carbocycles. The van der Waals surface area contributed by atoms with Gasteiger partial charge in [0.25, 0.3) is 0 Å². The first-order valence-electron chi connectivity index (χ1n) is 6.53. The van der Waals surface area contributed by atoms with Crippen LogP contribution in [-0.4, -0.2) is 21.8 Å². The summed E-state index contributed by atoms with van der Waals surface area (Å²) >= 11 is 5.84. The number of amides is 2. The Hall–Kier alpha value is -2.27. The van der Waals surface area contributed by atoms with Gasteiger partial charge in [0.1, 0.15) is 0 Å². The predicted octanol–water partition coefficient (Wildman–Crippen LogP) is 2.25. The summed E-state index contributed by atoms with van der Waals surface area (Å²) in [7, 11) is 0. The maximum Gasteiger partial charge on any atom is 0.240 e. The van der Waals surface area contributed by atoms with Crippen molar-refractivity contribution in [2.24, 2.45) is 5.92 Å². The van der Waals surface area contributed by atoms with Crippen LogP contribution in [0.3, 0.4) is 0 Å². The van der Waals surface area contributed by atoms with Gasteiger partial charge >= 0.3 is 0 Å². The normalized spacial score (nSPS) is 18.3. The van der Waals surface area contributed by atoms with Crippen LogP contribution < -0.4 is 4.90 Å². The minimum absolute atomic E-state index is 0.145. The number of carbonyl (C=O) groups is 2. The molecule has 2 heterocycles. The fourth-order valence-corrected chi connectivity index (χ4v) is 2.50. The van der Waals surface area contributed by atoms with E-state index in [1.54, 1.807) is 18.2 Å². The molecule has 0 spiro atoms. The lowest BCUT2D eigenvalue weighted by atomic mass is 9.98. The fourth-order valence-electron chi connectivity index (χ4n) is 2.38. The van der Waals surface area contributed by atoms with Gasteiger partial charge in [0, 0.05) is 23.8 Å². The highest BCUT2D eigenvalue weighted by atomic mass is 35.5. The van der Waals surface area contributed by atoms with Crippen molar-refractivity contribution in [1.29, 1.82) is 0 Å². The molecule has 1 saturated heterocycles. The van der Waals surface area contributed by atoms with Gasteiger partial charge in [0.05, 0.1) is 5.92 Å². The number of rotatable bonds is 3. The van der Waals surface area contributed by atoms with Crippen molar-refractivity contribution in [1.82, 2.24) is 9.97 Å². The topological polar surface area (TPSA) is 63.2 Å². The monoisotopic (exact) mass is 301 g/mol. The van der Waals surface area contributed by atoms with Crippen molar-refractivity contribution in [3.8, 4) is 0 Å². The summed E-state index contributed by atoms with van der Waals surface area (Å²) in [6, 6.07) is 8.91. The van der Waals surface area contributed by atoms with E-state index in [0.717, 1.165) is 10.5 Å². The number of halogens is 1. The van der Waals surface area contributed by atoms with Crippen LogP contribution >= 0.6 is 11.6 Å². The molecule has 1 fully saturated rings. The van der Waals surface area contributed by atoms with E-state index < -0.39 is 0 Å². The first-order valence-corrected chi connectivity index (χ1v) is 6.91. The van der Waals surface area contributed by atoms with Gasteiger partial charge in [-0.05, 0) is 30.2 Å². The molecule has 1 aliphatic heterocycles. The van der Waals surface area contributed by atoms with Crippen LogP contribution in [0, 0.1) is 5.92 Å². The molecule has 0 N–H and O–H groups in total. The minimum atomic E-state index is -0.373. The van der Waals surface area contributed by atoms with E-state index in [-0.39, 0.29) is 30.1 Å². The molecule has 5 nitrogen and oxygen atoms in total. The van der Waals surface area contributed by atoms with E-state index in [0.29, 0.717) is 11.4 Å². The second kappa shape index (κ2) is 5.61. The molecule has 1 aliphatic rings. The SMILES string of the molecule is O=C1C[C@H](Cc2ccc(Cl)cc2)C(=O)N1c1ncccn1. The summed E-state index contributed by atoms with van der Waals surface area (Å²) in [5.41, 5.74) is 0.974. The Labute approximate surface area is 126 Å². The van der Waals surface area contributed by atoms with Gasteiger partial charge in [0.15, 0.2) is 0 Å². The Bertz CT molecular complexity index is 673. The summed E-state index contributed by atoms with van der Waals surface area (Å²) in [4.78, 5) is 33.4. The molecule has 1 atom stereocenters. The molecule has 0 unspecified atom stereocenters. The van der Waals surface area contributed by atoms with E-state index >= 15 is 0 Å². The standard InChI is InChI=1S/C15H12ClN3O2/c16-12-4-2-10(3-5-12)8-11-9-13(20)19(14(11)21)15-17-6-1-7-18-15/h1-7,11H,8-9H2/t11-/m0/s1. The molecule has 0 aliphatic carbocycles. The van der Waals surface area contributed by atoms with Gasteiger partial charge < -0.3 is 0 Å². The molecule has 21 heavy (non-hydrogen) atoms. The van der Waals surface area contributed by atoms with Crippen molar-refractivity contribution in [2.45, 2.75) is 12.8 Å². The molecule has 0 saturated carbocycles. The van der Waals surface area contributed by atoms with Crippen LogP contribution in [0.2, 0.25) is 5.02 Å². The highest BCUT2D eigenvalue weighted by Crippen LogP contribution is 2.26. The number of hydrogen-bond donors (Lipinski definition) is 0. The van der Waals surface area contributed by atoms with Crippen LogP contribution in [0.15, 0.2) is 42.7 Å². The number of anilines is 1. The van der Waals surface area contributed by atoms with Crippen LogP contribution in [0.25, 0.3) is 0 Å². The molecule has 0 radical (unpaired) electrons. The Morgan fingerprint density at radius 2 is 1.81 bits per heavy atom. The summed E-state index contributed by atoms with van der Waals surface area (Å²) in [5, 5.41) is 0.645. The molecule has 106 valence electrons. The zero-order valence-electron chi connectivity index (χ0n) is 11.1. The van der Waals surface area contributed by atoms with E-state index in [4.69, 9.17) is 11.6 Å². The maximum atomic E-state index is 12.4. The number of hydrogen-bond acceptors (Lipinski definition) is 4. The Morgan fingerprint density at radius 3 is 2.48 bits per heavy atom. The third kappa shape index (κ3) is 2.78. The van der Waals surface area contributed by atoms with E-state index in [1.807, 2.05) is 12.1 Å². The minimum Gasteiger partial charge on any atom is -0.274 e. The molecule has 1 aromatic heterocycles. The lowest BCUT2D eigenvalue weighted by molar-refractivity contribution is -0.122. The van der Waals surface area contributed by atoms with Crippen molar-refractivity contribution in [3.05, 3.63) is 53.3 Å². The third-order valence-corrected chi connectivity index (χ3v) is 3.64. The van der Waals surface area contributed by atoms with Crippen molar-refractivity contribution in [3.63, 3.8) is 0 Å². The molecular weight excluding hydrogens is 290 g/mol. The molecule has 2 amide bonds. The Morgan fingerprint density at radius 1 is 1.14 bits per heavy atom. The average Bonchev–Trinajstić information content (AvgIpc) is 2.77. The fraction of sp³-hybridized carbons (Fsp3) is 0.200. The Kier molecular flexibility index (Phi) is 3.66. The van der Waals surface area contributed by atoms with Gasteiger partial charge in [0.2, 0.25) is 17.8 Å². The van der Waals surface area contributed by atoms with E-state index in [9.17, 15) is 9.59 Å². The van der Waals surface area contributed by atoms with Gasteiger partial charge in [-0.25, -0.2) is 14.9 Å². The second-order valence-electron chi connectivity index (χ2n) is 4.85. The van der Waals surface area contributed by atoms with Crippen LogP contribution in [-0.2, 0) is 16.0 Å². The van der Waals surface area contributed by atoms with E-state index in [1.165, 1.54) is 12.4 Å². The average molecular weight is 302 g/mol. The van der Waals surface area contributed by atoms with Gasteiger partial charge in [-0.3, -0.25) is 9.59 Å². The van der Waals surface area contributed by atoms with Crippen molar-refractivity contribution < 1.29 is 9.59 Å². The second-order valence-corrected chi connectivity index (χ2v) is 5.28. The van der Waals surface area contributed by atoms with Gasteiger partial charge in [-0.2, -0.15) is 0 Å². The van der Waals surface area contributed by atoms with Gasteiger partial charge in [-0.15, -0.1) is 0 Å². The number of carbonyl (C=O) groups excluding carboxylic acids is 2. The highest BCUT2D eigenvalue weighted by Gasteiger charge is 2.40. The van der Waals surface area contributed by atoms with Crippen LogP contribution in [0.1, 0.15) is 12.0 Å². The summed E-state index contributed by atoms with van der Waals surface area (Å²) in [5.74, 6) is -0.736. The zero-order valence-corrected chi connectivity index (χ0v) is 11.8. The summed E-state index contributed by atoms with van der Waals surface area (Å²) in [6.45, 7) is 0. The molecule has 2 aromatic rings. The third-order valence-electron chi connectivity index (χ3n) is 3.39. The molecular formula is C15H12ClN3O2. The largest absolute Gasteiger partial charge is 0.274 e. The van der Waals surface area contributed by atoms with Crippen molar-refractivity contribution >= 4 is 29.4 Å². The smallest absolute Gasteiger partial charge is 0.240 e. The summed E-state index contributed by atoms with van der Waals surface area (Å²) in [6.07, 6.45) is 3.70. The molecule has 6 heteroatoms. The van der Waals surface area contributed by atoms with Gasteiger partial charge in [-0.1, -0.05) is 23.7 Å². The van der Waals surface area contributed by atoms with Crippen LogP contribution in [0.5, 0.6) is 0 Å². The Balaban J connectivity index is 1.79. The number of benzene rings is 1. The summed E-state index contributed by atoms with van der Waals surface area (Å²) < 4.78 is 0. The van der Waals surface area contributed by atoms with Crippen molar-refractivity contribution in [2.75, 3.05) is 4.90 Å². The number of imide groups is 1. The number of nitrogens with zero attached hydrogens (tertiary/aromatic N) is 3. The lowest BCUT2D eigenvalue weighted by Gasteiger charge is -2.12. The number of aromatic nitrogens is 2. The van der Waals surface area contributed by atoms with E-state index in [2.05, 4.69) is 9.97 Å². The first kappa shape index (κ1) is 13.7. The van der Waals surface area contributed by atoms with Crippen LogP contribution in [0.4, 0.5) is 5.95 Å². The molecule has 0 bridgehead atoms. The quantitative estimate of drug-likeness (QED) is 0.816. The first-order chi connectivity index (χ1) is 10.1. The lowest BCUT2D eigenvalue weighted by Crippen LogP contribution is -2.32.